The van der Waals surface area contributed by atoms with Crippen LogP contribution >= 0.6 is 11.3 Å². The normalized spacial score (nSPS) is 37.9. The van der Waals surface area contributed by atoms with Gasteiger partial charge in [-0.3, -0.25) is 4.79 Å². The number of fused-ring (bicyclic) bond motifs is 1. The quantitative estimate of drug-likeness (QED) is 0.735. The molecule has 3 aliphatic rings. The molecule has 3 heterocycles. The number of allylic oxidation sites excluding steroid dienone is 2. The van der Waals surface area contributed by atoms with Crippen molar-refractivity contribution in [1.82, 2.24) is 10.3 Å². The Morgan fingerprint density at radius 3 is 2.93 bits per heavy atom. The summed E-state index contributed by atoms with van der Waals surface area (Å²) < 4.78 is 28.8. The average Bonchev–Trinajstić information content (AvgIpc) is 3.24. The van der Waals surface area contributed by atoms with E-state index < -0.39 is 29.3 Å². The zero-order valence-corrected chi connectivity index (χ0v) is 17.5. The number of nitrogens with zero attached hydrogens (tertiary/aromatic N) is 3. The minimum absolute atomic E-state index is 0.0154. The van der Waals surface area contributed by atoms with Crippen molar-refractivity contribution < 1.29 is 18.2 Å². The molecule has 1 aliphatic carbocycles. The van der Waals surface area contributed by atoms with Crippen LogP contribution in [0.25, 0.3) is 0 Å². The standard InChI is InChI=1S/C20H25F2N5OS/c1-12-6-8-27(3)15(9-12)19(2,11-24-27)14-10-29-18(25-14)17(28)26-16-13(23)5-4-7-20(16,21)22/h6,8-11,13,15-16H,4-5,7,23H2,1-3H3/p+1. The predicted molar refractivity (Wildman–Crippen MR) is 109 cm³/mol. The summed E-state index contributed by atoms with van der Waals surface area (Å²) in [6.45, 7) is 4.07. The number of nitrogens with one attached hydrogen (secondary N) is 1. The molecule has 3 N–H and O–H groups in total. The molecule has 29 heavy (non-hydrogen) atoms. The van der Waals surface area contributed by atoms with E-state index in [4.69, 9.17) is 5.73 Å². The van der Waals surface area contributed by atoms with Crippen LogP contribution < -0.4 is 11.1 Å². The summed E-state index contributed by atoms with van der Waals surface area (Å²) in [4.78, 5) is 17.2. The lowest BCUT2D eigenvalue weighted by Gasteiger charge is -2.36. The van der Waals surface area contributed by atoms with E-state index in [-0.39, 0.29) is 17.5 Å². The van der Waals surface area contributed by atoms with Crippen molar-refractivity contribution >= 4 is 23.5 Å². The van der Waals surface area contributed by atoms with Crippen molar-refractivity contribution in [2.75, 3.05) is 7.05 Å². The first-order chi connectivity index (χ1) is 13.6. The molecule has 9 heteroatoms. The Morgan fingerprint density at radius 2 is 2.21 bits per heavy atom. The van der Waals surface area contributed by atoms with E-state index >= 15 is 0 Å². The number of thiazole rings is 1. The van der Waals surface area contributed by atoms with Crippen LogP contribution in [0.5, 0.6) is 0 Å². The number of hydrogen-bond donors (Lipinski definition) is 2. The number of hydrogen-bond acceptors (Lipinski definition) is 5. The highest BCUT2D eigenvalue weighted by Gasteiger charge is 2.53. The van der Waals surface area contributed by atoms with Gasteiger partial charge in [-0.25, -0.2) is 13.8 Å². The molecule has 2 aliphatic heterocycles. The molecule has 1 saturated carbocycles. The van der Waals surface area contributed by atoms with Crippen LogP contribution in [0.3, 0.4) is 0 Å². The first-order valence-corrected chi connectivity index (χ1v) is 10.6. The third-order valence-corrected chi connectivity index (χ3v) is 7.12. The van der Waals surface area contributed by atoms with Crippen molar-refractivity contribution in [2.24, 2.45) is 10.8 Å². The Balaban J connectivity index is 1.56. The van der Waals surface area contributed by atoms with E-state index in [9.17, 15) is 13.6 Å². The van der Waals surface area contributed by atoms with E-state index in [1.54, 1.807) is 0 Å². The summed E-state index contributed by atoms with van der Waals surface area (Å²) in [5, 5.41) is 9.08. The zero-order chi connectivity index (χ0) is 21.0. The Kier molecular flexibility index (Phi) is 4.75. The maximum Gasteiger partial charge on any atom is 0.280 e. The summed E-state index contributed by atoms with van der Waals surface area (Å²) >= 11 is 1.16. The smallest absolute Gasteiger partial charge is 0.280 e. The third-order valence-electron chi connectivity index (χ3n) is 6.28. The Bertz CT molecular complexity index is 926. The molecule has 0 bridgehead atoms. The van der Waals surface area contributed by atoms with Gasteiger partial charge in [0, 0.05) is 17.8 Å². The van der Waals surface area contributed by atoms with Gasteiger partial charge in [0.1, 0.15) is 17.7 Å². The number of rotatable bonds is 3. The molecule has 1 aromatic heterocycles. The van der Waals surface area contributed by atoms with E-state index in [2.05, 4.69) is 21.5 Å². The molecule has 0 spiro atoms. The van der Waals surface area contributed by atoms with E-state index in [1.807, 2.05) is 44.8 Å². The summed E-state index contributed by atoms with van der Waals surface area (Å²) in [6.07, 6.45) is 8.67. The fourth-order valence-corrected chi connectivity index (χ4v) is 5.28. The minimum Gasteiger partial charge on any atom is -0.340 e. The second kappa shape index (κ2) is 6.78. The number of quaternary nitrogens is 1. The minimum atomic E-state index is -3.01. The second-order valence-corrected chi connectivity index (χ2v) is 9.46. The van der Waals surface area contributed by atoms with Crippen LogP contribution in [0.2, 0.25) is 0 Å². The fraction of sp³-hybridized carbons (Fsp3) is 0.550. The van der Waals surface area contributed by atoms with Gasteiger partial charge in [0.2, 0.25) is 0 Å². The van der Waals surface area contributed by atoms with Crippen molar-refractivity contribution in [3.63, 3.8) is 0 Å². The lowest BCUT2D eigenvalue weighted by Crippen LogP contribution is -2.59. The molecule has 1 aromatic rings. The van der Waals surface area contributed by atoms with Crippen LogP contribution in [0.4, 0.5) is 8.78 Å². The van der Waals surface area contributed by atoms with Gasteiger partial charge in [0.05, 0.1) is 19.0 Å². The molecule has 5 atom stereocenters. The van der Waals surface area contributed by atoms with Gasteiger partial charge in [-0.2, -0.15) is 4.59 Å². The van der Waals surface area contributed by atoms with Gasteiger partial charge in [-0.05, 0) is 44.4 Å². The highest BCUT2D eigenvalue weighted by Crippen LogP contribution is 2.41. The van der Waals surface area contributed by atoms with Crippen LogP contribution in [-0.2, 0) is 5.41 Å². The maximum atomic E-state index is 14.2. The largest absolute Gasteiger partial charge is 0.340 e. The third kappa shape index (κ3) is 3.35. The molecule has 1 amide bonds. The fourth-order valence-electron chi connectivity index (χ4n) is 4.43. The number of likely N-dealkylation sites (N-methyl/N-ethyl adjacent to an activating group) is 1. The number of nitrogens with two attached hydrogens (primary N) is 1. The monoisotopic (exact) mass is 422 g/mol. The number of aromatic nitrogens is 1. The number of amides is 1. The summed E-state index contributed by atoms with van der Waals surface area (Å²) in [7, 11) is 2.01. The van der Waals surface area contributed by atoms with Gasteiger partial charge in [0.15, 0.2) is 11.0 Å². The summed E-state index contributed by atoms with van der Waals surface area (Å²) in [5.74, 6) is -3.61. The highest BCUT2D eigenvalue weighted by molar-refractivity contribution is 7.11. The Labute approximate surface area is 172 Å². The Morgan fingerprint density at radius 1 is 1.45 bits per heavy atom. The van der Waals surface area contributed by atoms with Crippen LogP contribution in [0, 0.1) is 0 Å². The second-order valence-electron chi connectivity index (χ2n) is 8.60. The van der Waals surface area contributed by atoms with Crippen molar-refractivity contribution in [3.05, 3.63) is 40.0 Å². The first-order valence-electron chi connectivity index (χ1n) is 9.76. The van der Waals surface area contributed by atoms with Crippen molar-refractivity contribution in [3.8, 4) is 0 Å². The molecule has 1 fully saturated rings. The molecular weight excluding hydrogens is 396 g/mol. The molecule has 6 nitrogen and oxygen atoms in total. The first kappa shape index (κ1) is 20.3. The van der Waals surface area contributed by atoms with Crippen molar-refractivity contribution in [2.45, 2.75) is 62.6 Å². The molecule has 5 unspecified atom stereocenters. The van der Waals surface area contributed by atoms with Crippen LogP contribution in [0.1, 0.15) is 48.6 Å². The lowest BCUT2D eigenvalue weighted by molar-refractivity contribution is -0.882. The zero-order valence-electron chi connectivity index (χ0n) is 16.7. The van der Waals surface area contributed by atoms with E-state index in [0.717, 1.165) is 16.9 Å². The van der Waals surface area contributed by atoms with Crippen LogP contribution in [0.15, 0.2) is 34.4 Å². The van der Waals surface area contributed by atoms with E-state index in [0.29, 0.717) is 23.1 Å². The molecule has 156 valence electrons. The van der Waals surface area contributed by atoms with Gasteiger partial charge >= 0.3 is 0 Å². The Hall–Kier alpha value is -1.97. The molecule has 0 saturated heterocycles. The van der Waals surface area contributed by atoms with Crippen molar-refractivity contribution in [1.29, 1.82) is 0 Å². The van der Waals surface area contributed by atoms with Crippen LogP contribution in [-0.4, -0.2) is 52.8 Å². The highest BCUT2D eigenvalue weighted by atomic mass is 32.1. The number of alkyl halides is 2. The van der Waals surface area contributed by atoms with Gasteiger partial charge in [-0.15, -0.1) is 11.3 Å². The van der Waals surface area contributed by atoms with Gasteiger partial charge in [-0.1, -0.05) is 5.10 Å². The molecule has 0 radical (unpaired) electrons. The van der Waals surface area contributed by atoms with Gasteiger partial charge in [0.25, 0.3) is 11.8 Å². The van der Waals surface area contributed by atoms with E-state index in [1.165, 1.54) is 0 Å². The molecular formula is C20H26F2N5OS+. The maximum absolute atomic E-state index is 14.2. The number of carbonyl (C=O) groups is 1. The molecule has 0 aromatic carbocycles. The number of halogens is 2. The lowest BCUT2D eigenvalue weighted by atomic mass is 9.79. The predicted octanol–water partition coefficient (Wildman–Crippen LogP) is 2.93. The SMILES string of the molecule is CC1=CC2C(C)(c3csc(C(=O)NC4C(N)CCCC4(F)F)n3)C=N[N+]2(C)C=C1. The topological polar surface area (TPSA) is 80.4 Å². The molecule has 4 rings (SSSR count). The average molecular weight is 423 g/mol. The number of carbonyl (C=O) groups excluding carboxylic acids is 1. The van der Waals surface area contributed by atoms with Gasteiger partial charge < -0.3 is 11.1 Å². The summed E-state index contributed by atoms with van der Waals surface area (Å²) in [6, 6.07) is -2.11. The summed E-state index contributed by atoms with van der Waals surface area (Å²) in [5.41, 5.74) is 7.22.